The van der Waals surface area contributed by atoms with Crippen LogP contribution in [0, 0.1) is 0 Å². The summed E-state index contributed by atoms with van der Waals surface area (Å²) in [7, 11) is 0. The molecule has 0 saturated heterocycles. The molecule has 1 aromatic carbocycles. The third-order valence-corrected chi connectivity index (χ3v) is 5.80. The predicted octanol–water partition coefficient (Wildman–Crippen LogP) is 2.98. The molecule has 1 aliphatic rings. The summed E-state index contributed by atoms with van der Waals surface area (Å²) in [6.45, 7) is 3.65. The van der Waals surface area contributed by atoms with E-state index in [1.54, 1.807) is 13.8 Å². The van der Waals surface area contributed by atoms with Gasteiger partial charge in [-0.05, 0) is 38.8 Å². The Morgan fingerprint density at radius 3 is 2.53 bits per heavy atom. The molecule has 0 aliphatic heterocycles. The maximum absolute atomic E-state index is 13.5. The van der Waals surface area contributed by atoms with Crippen molar-refractivity contribution in [2.45, 2.75) is 58.0 Å². The average molecular weight is 410 g/mol. The van der Waals surface area contributed by atoms with Crippen molar-refractivity contribution in [3.05, 3.63) is 57.5 Å². The van der Waals surface area contributed by atoms with Gasteiger partial charge in [-0.1, -0.05) is 37.5 Å². The standard InChI is InChI=1S/C22H26N4O4/c1-3-30-21(28)15(2)24-14-23-19-18(24)20(27)26(17-12-8-5-9-13-17)22(29)25(19)16-10-6-4-7-11-16/h4,6-7,10-11,14-15,17H,3,5,8-9,12-13H2,1-2H3. The molecule has 0 spiro atoms. The minimum absolute atomic E-state index is 0.153. The predicted molar refractivity (Wildman–Crippen MR) is 113 cm³/mol. The molecule has 0 amide bonds. The van der Waals surface area contributed by atoms with Crippen LogP contribution >= 0.6 is 0 Å². The topological polar surface area (TPSA) is 88.1 Å². The molecule has 8 nitrogen and oxygen atoms in total. The number of carbonyl (C=O) groups excluding carboxylic acids is 1. The number of fused-ring (bicyclic) bond motifs is 1. The van der Waals surface area contributed by atoms with Crippen LogP contribution in [-0.4, -0.2) is 31.3 Å². The highest BCUT2D eigenvalue weighted by Gasteiger charge is 2.27. The zero-order valence-electron chi connectivity index (χ0n) is 17.3. The lowest BCUT2D eigenvalue weighted by atomic mass is 9.95. The molecule has 0 N–H and O–H groups in total. The van der Waals surface area contributed by atoms with Crippen LogP contribution in [0.15, 0.2) is 46.2 Å². The van der Waals surface area contributed by atoms with Crippen LogP contribution in [0.5, 0.6) is 0 Å². The van der Waals surface area contributed by atoms with Crippen LogP contribution in [0.4, 0.5) is 0 Å². The second-order valence-electron chi connectivity index (χ2n) is 7.67. The highest BCUT2D eigenvalue weighted by molar-refractivity contribution is 5.79. The summed E-state index contributed by atoms with van der Waals surface area (Å²) >= 11 is 0. The fraction of sp³-hybridized carbons (Fsp3) is 0.455. The first-order valence-corrected chi connectivity index (χ1v) is 10.5. The summed E-state index contributed by atoms with van der Waals surface area (Å²) in [6, 6.07) is 8.27. The molecule has 1 atom stereocenters. The maximum atomic E-state index is 13.5. The largest absolute Gasteiger partial charge is 0.464 e. The van der Waals surface area contributed by atoms with Gasteiger partial charge in [0.1, 0.15) is 6.04 Å². The van der Waals surface area contributed by atoms with E-state index < -0.39 is 17.6 Å². The smallest absolute Gasteiger partial charge is 0.337 e. The second-order valence-corrected chi connectivity index (χ2v) is 7.67. The summed E-state index contributed by atoms with van der Waals surface area (Å²) in [5.74, 6) is -0.446. The molecule has 4 rings (SSSR count). The van der Waals surface area contributed by atoms with Gasteiger partial charge < -0.3 is 9.30 Å². The molecule has 158 valence electrons. The maximum Gasteiger partial charge on any atom is 0.337 e. The first-order chi connectivity index (χ1) is 14.5. The second kappa shape index (κ2) is 8.30. The molecule has 2 heterocycles. The van der Waals surface area contributed by atoms with Gasteiger partial charge in [0.2, 0.25) is 0 Å². The quantitative estimate of drug-likeness (QED) is 0.604. The van der Waals surface area contributed by atoms with Crippen molar-refractivity contribution in [2.24, 2.45) is 0 Å². The van der Waals surface area contributed by atoms with Crippen molar-refractivity contribution in [1.29, 1.82) is 0 Å². The summed E-state index contributed by atoms with van der Waals surface area (Å²) < 4.78 is 9.50. The number of rotatable bonds is 5. The van der Waals surface area contributed by atoms with Crippen molar-refractivity contribution in [1.82, 2.24) is 18.7 Å². The van der Waals surface area contributed by atoms with Crippen LogP contribution in [-0.2, 0) is 9.53 Å². The highest BCUT2D eigenvalue weighted by atomic mass is 16.5. The summed E-state index contributed by atoms with van der Waals surface area (Å²) in [5.41, 5.74) is 0.331. The lowest BCUT2D eigenvalue weighted by Crippen LogP contribution is -2.43. The highest BCUT2D eigenvalue weighted by Crippen LogP contribution is 2.27. The van der Waals surface area contributed by atoms with Gasteiger partial charge in [0.25, 0.3) is 5.56 Å². The van der Waals surface area contributed by atoms with E-state index in [4.69, 9.17) is 4.74 Å². The Morgan fingerprint density at radius 2 is 1.87 bits per heavy atom. The Hall–Kier alpha value is -3.16. The van der Waals surface area contributed by atoms with Crippen LogP contribution in [0.1, 0.15) is 58.0 Å². The number of nitrogens with zero attached hydrogens (tertiary/aromatic N) is 4. The van der Waals surface area contributed by atoms with E-state index >= 15 is 0 Å². The lowest BCUT2D eigenvalue weighted by Gasteiger charge is -2.24. The minimum Gasteiger partial charge on any atom is -0.464 e. The molecule has 30 heavy (non-hydrogen) atoms. The van der Waals surface area contributed by atoms with Crippen LogP contribution in [0.25, 0.3) is 16.9 Å². The van der Waals surface area contributed by atoms with E-state index in [1.807, 2.05) is 30.3 Å². The lowest BCUT2D eigenvalue weighted by molar-refractivity contribution is -0.146. The molecule has 3 aromatic rings. The van der Waals surface area contributed by atoms with Gasteiger partial charge in [-0.2, -0.15) is 0 Å². The van der Waals surface area contributed by atoms with Crippen molar-refractivity contribution < 1.29 is 9.53 Å². The van der Waals surface area contributed by atoms with Crippen molar-refractivity contribution in [3.63, 3.8) is 0 Å². The first-order valence-electron chi connectivity index (χ1n) is 10.5. The zero-order valence-corrected chi connectivity index (χ0v) is 17.3. The van der Waals surface area contributed by atoms with Crippen LogP contribution in [0.2, 0.25) is 0 Å². The monoisotopic (exact) mass is 410 g/mol. The Bertz CT molecular complexity index is 1170. The third kappa shape index (κ3) is 3.36. The molecule has 1 aliphatic carbocycles. The van der Waals surface area contributed by atoms with Gasteiger partial charge in [0, 0.05) is 6.04 Å². The fourth-order valence-corrected chi connectivity index (χ4v) is 4.26. The summed E-state index contributed by atoms with van der Waals surface area (Å²) in [6.07, 6.45) is 6.10. The Morgan fingerprint density at radius 1 is 1.17 bits per heavy atom. The summed E-state index contributed by atoms with van der Waals surface area (Å²) in [4.78, 5) is 43.8. The van der Waals surface area contributed by atoms with Gasteiger partial charge in [0.05, 0.1) is 18.6 Å². The third-order valence-electron chi connectivity index (χ3n) is 5.80. The van der Waals surface area contributed by atoms with Crippen molar-refractivity contribution >= 4 is 17.1 Å². The number of esters is 1. The van der Waals surface area contributed by atoms with Gasteiger partial charge in [-0.3, -0.25) is 9.36 Å². The molecule has 0 radical (unpaired) electrons. The number of carbonyl (C=O) groups is 1. The molecule has 1 unspecified atom stereocenters. The van der Waals surface area contributed by atoms with Gasteiger partial charge >= 0.3 is 11.7 Å². The van der Waals surface area contributed by atoms with E-state index in [1.165, 1.54) is 20.0 Å². The Labute approximate surface area is 173 Å². The van der Waals surface area contributed by atoms with E-state index in [-0.39, 0.29) is 29.5 Å². The molecule has 0 bridgehead atoms. The number of hydrogen-bond acceptors (Lipinski definition) is 5. The molecule has 1 saturated carbocycles. The van der Waals surface area contributed by atoms with Gasteiger partial charge in [-0.25, -0.2) is 19.1 Å². The van der Waals surface area contributed by atoms with E-state index in [2.05, 4.69) is 4.98 Å². The van der Waals surface area contributed by atoms with E-state index in [0.29, 0.717) is 5.69 Å². The number of imidazole rings is 1. The SMILES string of the molecule is CCOC(=O)C(C)n1cnc2c1c(=O)n(C1CCCCC1)c(=O)n2-c1ccccc1. The number of hydrogen-bond donors (Lipinski definition) is 0. The van der Waals surface area contributed by atoms with E-state index in [0.717, 1.165) is 32.1 Å². The van der Waals surface area contributed by atoms with Gasteiger partial charge in [-0.15, -0.1) is 0 Å². The minimum atomic E-state index is -0.732. The first kappa shape index (κ1) is 20.1. The number of aromatic nitrogens is 4. The summed E-state index contributed by atoms with van der Waals surface area (Å²) in [5, 5.41) is 0. The molecule has 1 fully saturated rings. The fourth-order valence-electron chi connectivity index (χ4n) is 4.26. The Balaban J connectivity index is 2.02. The van der Waals surface area contributed by atoms with Crippen LogP contribution < -0.4 is 11.2 Å². The Kier molecular flexibility index (Phi) is 5.57. The van der Waals surface area contributed by atoms with Crippen molar-refractivity contribution in [3.8, 4) is 5.69 Å². The van der Waals surface area contributed by atoms with Gasteiger partial charge in [0.15, 0.2) is 11.2 Å². The molecular formula is C22H26N4O4. The molecular weight excluding hydrogens is 384 g/mol. The van der Waals surface area contributed by atoms with Crippen molar-refractivity contribution in [2.75, 3.05) is 6.61 Å². The number of benzene rings is 1. The molecule has 2 aromatic heterocycles. The number of para-hydroxylation sites is 1. The van der Waals surface area contributed by atoms with Crippen LogP contribution in [0.3, 0.4) is 0 Å². The van der Waals surface area contributed by atoms with E-state index in [9.17, 15) is 14.4 Å². The average Bonchev–Trinajstić information content (AvgIpc) is 3.20. The number of ether oxygens (including phenoxy) is 1. The normalized spacial score (nSPS) is 15.9. The molecule has 8 heteroatoms. The zero-order chi connectivity index (χ0) is 21.3.